The summed E-state index contributed by atoms with van der Waals surface area (Å²) < 4.78 is 0. The maximum atomic E-state index is 11.9. The van der Waals surface area contributed by atoms with E-state index >= 15 is 0 Å². The summed E-state index contributed by atoms with van der Waals surface area (Å²) in [5.41, 5.74) is 7.58. The number of anilines is 1. The number of hydrogen-bond donors (Lipinski definition) is 2. The Morgan fingerprint density at radius 3 is 2.45 bits per heavy atom. The monoisotopic (exact) mass is 298 g/mol. The highest BCUT2D eigenvalue weighted by Gasteiger charge is 2.08. The van der Waals surface area contributed by atoms with Gasteiger partial charge in [0.15, 0.2) is 0 Å². The summed E-state index contributed by atoms with van der Waals surface area (Å²) in [6.45, 7) is 5.02. The van der Waals surface area contributed by atoms with E-state index in [1.54, 1.807) is 0 Å². The van der Waals surface area contributed by atoms with Crippen LogP contribution in [0.4, 0.5) is 5.69 Å². The third-order valence-corrected chi connectivity index (χ3v) is 3.21. The summed E-state index contributed by atoms with van der Waals surface area (Å²) in [6, 6.07) is 8.02. The minimum Gasteiger partial charge on any atom is -0.330 e. The summed E-state index contributed by atoms with van der Waals surface area (Å²) in [7, 11) is 0. The number of carbonyl (C=O) groups excluding carboxylic acids is 1. The van der Waals surface area contributed by atoms with Crippen LogP contribution in [0.25, 0.3) is 0 Å². The van der Waals surface area contributed by atoms with E-state index in [1.807, 2.05) is 18.2 Å². The van der Waals surface area contributed by atoms with Crippen LogP contribution in [0.3, 0.4) is 0 Å². The van der Waals surface area contributed by atoms with E-state index < -0.39 is 0 Å². The third-order valence-electron chi connectivity index (χ3n) is 3.21. The summed E-state index contributed by atoms with van der Waals surface area (Å²) in [5.74, 6) is 0.530. The fraction of sp³-hybridized carbons (Fsp3) is 0.562. The van der Waals surface area contributed by atoms with Crippen LogP contribution in [-0.4, -0.2) is 12.5 Å². The molecule has 0 unspecified atom stereocenters. The van der Waals surface area contributed by atoms with Gasteiger partial charge in [-0.25, -0.2) is 0 Å². The number of unbranched alkanes of at least 4 members (excludes halogenated alkanes) is 3. The molecule has 1 rings (SSSR count). The molecule has 114 valence electrons. The number of hydrogen-bond acceptors (Lipinski definition) is 2. The zero-order valence-corrected chi connectivity index (χ0v) is 13.3. The lowest BCUT2D eigenvalue weighted by Crippen LogP contribution is -2.13. The largest absolute Gasteiger partial charge is 0.330 e. The smallest absolute Gasteiger partial charge is 0.224 e. The van der Waals surface area contributed by atoms with Crippen molar-refractivity contribution in [2.45, 2.75) is 51.9 Å². The molecular weight excluding hydrogens is 272 g/mol. The van der Waals surface area contributed by atoms with E-state index in [2.05, 4.69) is 25.2 Å². The number of rotatable bonds is 8. The molecular formula is C16H27ClN2O. The topological polar surface area (TPSA) is 55.1 Å². The van der Waals surface area contributed by atoms with Gasteiger partial charge in [-0.1, -0.05) is 44.9 Å². The molecule has 0 radical (unpaired) electrons. The standard InChI is InChI=1S/C16H26N2O.ClH/c1-13(2)14-9-6-7-10-15(14)18-16(19)11-5-3-4-8-12-17;/h6-7,9-10,13H,3-5,8,11-12,17H2,1-2H3,(H,18,19);1H. The SMILES string of the molecule is CC(C)c1ccccc1NC(=O)CCCCCCN.Cl. The highest BCUT2D eigenvalue weighted by molar-refractivity contribution is 5.91. The molecule has 0 bridgehead atoms. The lowest BCUT2D eigenvalue weighted by Gasteiger charge is -2.13. The van der Waals surface area contributed by atoms with Gasteiger partial charge in [0.25, 0.3) is 0 Å². The normalized spacial score (nSPS) is 10.2. The number of nitrogens with one attached hydrogen (secondary N) is 1. The van der Waals surface area contributed by atoms with E-state index in [9.17, 15) is 4.79 Å². The van der Waals surface area contributed by atoms with Crippen molar-refractivity contribution in [2.24, 2.45) is 5.73 Å². The molecule has 0 aliphatic heterocycles. The van der Waals surface area contributed by atoms with Crippen molar-refractivity contribution in [1.29, 1.82) is 0 Å². The quantitative estimate of drug-likeness (QED) is 0.711. The molecule has 0 aromatic heterocycles. The van der Waals surface area contributed by atoms with E-state index in [1.165, 1.54) is 5.56 Å². The Morgan fingerprint density at radius 1 is 1.15 bits per heavy atom. The molecule has 0 saturated carbocycles. The number of para-hydroxylation sites is 1. The second kappa shape index (κ2) is 10.7. The maximum Gasteiger partial charge on any atom is 0.224 e. The summed E-state index contributed by atoms with van der Waals surface area (Å²) in [4.78, 5) is 11.9. The molecule has 0 spiro atoms. The lowest BCUT2D eigenvalue weighted by atomic mass is 10.0. The van der Waals surface area contributed by atoms with Crippen molar-refractivity contribution >= 4 is 24.0 Å². The van der Waals surface area contributed by atoms with Gasteiger partial charge < -0.3 is 11.1 Å². The Bertz CT molecular complexity index is 394. The molecule has 0 saturated heterocycles. The first-order valence-electron chi connectivity index (χ1n) is 7.24. The zero-order valence-electron chi connectivity index (χ0n) is 12.5. The highest BCUT2D eigenvalue weighted by Crippen LogP contribution is 2.23. The molecule has 1 aromatic carbocycles. The predicted molar refractivity (Wildman–Crippen MR) is 88.5 cm³/mol. The number of carbonyl (C=O) groups is 1. The van der Waals surface area contributed by atoms with Gasteiger partial charge in [-0.2, -0.15) is 0 Å². The summed E-state index contributed by atoms with van der Waals surface area (Å²) in [6.07, 6.45) is 4.79. The number of amides is 1. The molecule has 0 heterocycles. The Labute approximate surface area is 128 Å². The van der Waals surface area contributed by atoms with E-state index in [0.717, 1.165) is 37.9 Å². The lowest BCUT2D eigenvalue weighted by molar-refractivity contribution is -0.116. The van der Waals surface area contributed by atoms with Crippen LogP contribution in [0.15, 0.2) is 24.3 Å². The molecule has 0 aliphatic rings. The zero-order chi connectivity index (χ0) is 14.1. The molecule has 4 heteroatoms. The van der Waals surface area contributed by atoms with Crippen molar-refractivity contribution in [1.82, 2.24) is 0 Å². The van der Waals surface area contributed by atoms with Gasteiger partial charge in [0.05, 0.1) is 0 Å². The molecule has 0 fully saturated rings. The summed E-state index contributed by atoms with van der Waals surface area (Å²) >= 11 is 0. The average molecular weight is 299 g/mol. The van der Waals surface area contributed by atoms with Gasteiger partial charge in [0.1, 0.15) is 0 Å². The average Bonchev–Trinajstić information content (AvgIpc) is 2.39. The van der Waals surface area contributed by atoms with E-state index in [-0.39, 0.29) is 18.3 Å². The van der Waals surface area contributed by atoms with Crippen molar-refractivity contribution in [3.05, 3.63) is 29.8 Å². The van der Waals surface area contributed by atoms with Crippen molar-refractivity contribution in [3.8, 4) is 0 Å². The second-order valence-corrected chi connectivity index (χ2v) is 5.24. The first-order valence-corrected chi connectivity index (χ1v) is 7.24. The number of benzene rings is 1. The third kappa shape index (κ3) is 6.92. The Morgan fingerprint density at radius 2 is 1.80 bits per heavy atom. The van der Waals surface area contributed by atoms with E-state index in [4.69, 9.17) is 5.73 Å². The predicted octanol–water partition coefficient (Wildman–Crippen LogP) is 4.08. The van der Waals surface area contributed by atoms with Crippen LogP contribution in [0.2, 0.25) is 0 Å². The van der Waals surface area contributed by atoms with Crippen LogP contribution in [0, 0.1) is 0 Å². The van der Waals surface area contributed by atoms with Crippen LogP contribution < -0.4 is 11.1 Å². The molecule has 3 N–H and O–H groups in total. The maximum absolute atomic E-state index is 11.9. The Hall–Kier alpha value is -1.06. The van der Waals surface area contributed by atoms with Crippen molar-refractivity contribution in [2.75, 3.05) is 11.9 Å². The molecule has 0 atom stereocenters. The number of halogens is 1. The fourth-order valence-electron chi connectivity index (χ4n) is 2.11. The highest BCUT2D eigenvalue weighted by atomic mass is 35.5. The van der Waals surface area contributed by atoms with Crippen LogP contribution in [-0.2, 0) is 4.79 Å². The molecule has 3 nitrogen and oxygen atoms in total. The Balaban J connectivity index is 0.00000361. The molecule has 1 amide bonds. The van der Waals surface area contributed by atoms with Gasteiger partial charge in [-0.3, -0.25) is 4.79 Å². The minimum absolute atomic E-state index is 0. The molecule has 20 heavy (non-hydrogen) atoms. The van der Waals surface area contributed by atoms with Gasteiger partial charge in [0.2, 0.25) is 5.91 Å². The van der Waals surface area contributed by atoms with Crippen LogP contribution in [0.1, 0.15) is 57.4 Å². The minimum atomic E-state index is 0. The van der Waals surface area contributed by atoms with Gasteiger partial charge in [-0.05, 0) is 36.9 Å². The van der Waals surface area contributed by atoms with Gasteiger partial charge >= 0.3 is 0 Å². The first kappa shape index (κ1) is 18.9. The number of nitrogens with two attached hydrogens (primary N) is 1. The van der Waals surface area contributed by atoms with Crippen molar-refractivity contribution in [3.63, 3.8) is 0 Å². The van der Waals surface area contributed by atoms with E-state index in [0.29, 0.717) is 12.3 Å². The second-order valence-electron chi connectivity index (χ2n) is 5.24. The van der Waals surface area contributed by atoms with Crippen LogP contribution in [0.5, 0.6) is 0 Å². The fourth-order valence-corrected chi connectivity index (χ4v) is 2.11. The van der Waals surface area contributed by atoms with Gasteiger partial charge in [-0.15, -0.1) is 12.4 Å². The van der Waals surface area contributed by atoms with Crippen LogP contribution >= 0.6 is 12.4 Å². The van der Waals surface area contributed by atoms with Gasteiger partial charge in [0, 0.05) is 12.1 Å². The molecule has 0 aliphatic carbocycles. The first-order chi connectivity index (χ1) is 9.15. The van der Waals surface area contributed by atoms with Crippen molar-refractivity contribution < 1.29 is 4.79 Å². The molecule has 1 aromatic rings. The Kier molecular flexibility index (Phi) is 10.1. The summed E-state index contributed by atoms with van der Waals surface area (Å²) in [5, 5.41) is 3.02.